The van der Waals surface area contributed by atoms with Crippen molar-refractivity contribution in [1.29, 1.82) is 0 Å². The second-order valence-corrected chi connectivity index (χ2v) is 10.9. The smallest absolute Gasteiger partial charge is 0.329 e. The summed E-state index contributed by atoms with van der Waals surface area (Å²) in [7, 11) is 0. The van der Waals surface area contributed by atoms with E-state index in [1.165, 1.54) is 6.07 Å². The lowest BCUT2D eigenvalue weighted by atomic mass is 10.1. The van der Waals surface area contributed by atoms with Crippen molar-refractivity contribution in [3.05, 3.63) is 62.2 Å². The largest absolute Gasteiger partial charge is 0.492 e. The number of para-hydroxylation sites is 1. The zero-order valence-electron chi connectivity index (χ0n) is 20.3. The summed E-state index contributed by atoms with van der Waals surface area (Å²) in [4.78, 5) is 39.7. The number of carbonyl (C=O) groups excluding carboxylic acids is 2. The Hall–Kier alpha value is -2.84. The molecule has 1 aliphatic rings. The third kappa shape index (κ3) is 5.93. The Bertz CT molecular complexity index is 1360. The fourth-order valence-corrected chi connectivity index (χ4v) is 4.72. The van der Waals surface area contributed by atoms with E-state index < -0.39 is 11.6 Å². The fourth-order valence-electron chi connectivity index (χ4n) is 4.17. The van der Waals surface area contributed by atoms with E-state index in [2.05, 4.69) is 15.9 Å². The molecule has 0 saturated carbocycles. The van der Waals surface area contributed by atoms with Crippen LogP contribution >= 0.6 is 27.5 Å². The molecule has 1 aromatic heterocycles. The van der Waals surface area contributed by atoms with Crippen LogP contribution in [0.2, 0.25) is 5.02 Å². The molecule has 36 heavy (non-hydrogen) atoms. The molecule has 7 nitrogen and oxygen atoms in total. The maximum atomic E-state index is 12.9. The molecule has 0 N–H and O–H groups in total. The standard InChI is InChI=1S/C27H27BrClNO6/c1-27(2,3)36-26(33)20-8-5-12-30(20)24(32)11-13-34-22-14-16(28)9-10-18(22)23-15-21(31)17-6-4-7-19(29)25(17)35-23/h4,6-7,9-10,14-15,20H,5,8,11-13H2,1-3H3. The van der Waals surface area contributed by atoms with Gasteiger partial charge in [0.25, 0.3) is 0 Å². The predicted molar refractivity (Wildman–Crippen MR) is 141 cm³/mol. The quantitative estimate of drug-likeness (QED) is 0.336. The van der Waals surface area contributed by atoms with Gasteiger partial charge in [0.15, 0.2) is 11.0 Å². The number of likely N-dealkylation sites (tertiary alicyclic amines) is 1. The second kappa shape index (κ2) is 10.6. The minimum Gasteiger partial charge on any atom is -0.492 e. The number of hydrogen-bond acceptors (Lipinski definition) is 6. The average Bonchev–Trinajstić information content (AvgIpc) is 3.29. The van der Waals surface area contributed by atoms with Crippen LogP contribution in [0, 0.1) is 0 Å². The van der Waals surface area contributed by atoms with Gasteiger partial charge in [-0.3, -0.25) is 9.59 Å². The average molecular weight is 577 g/mol. The number of halogens is 2. The van der Waals surface area contributed by atoms with Crippen molar-refractivity contribution in [2.24, 2.45) is 0 Å². The lowest BCUT2D eigenvalue weighted by molar-refractivity contribution is -0.163. The van der Waals surface area contributed by atoms with Crippen LogP contribution in [0.1, 0.15) is 40.0 Å². The minimum absolute atomic E-state index is 0.0817. The van der Waals surface area contributed by atoms with E-state index in [0.29, 0.717) is 46.0 Å². The van der Waals surface area contributed by atoms with E-state index in [1.807, 2.05) is 0 Å². The zero-order valence-corrected chi connectivity index (χ0v) is 22.6. The third-order valence-electron chi connectivity index (χ3n) is 5.74. The summed E-state index contributed by atoms with van der Waals surface area (Å²) in [6.45, 7) is 6.01. The van der Waals surface area contributed by atoms with E-state index in [4.69, 9.17) is 25.5 Å². The predicted octanol–water partition coefficient (Wildman–Crippen LogP) is 5.98. The van der Waals surface area contributed by atoms with E-state index in [-0.39, 0.29) is 30.3 Å². The third-order valence-corrected chi connectivity index (χ3v) is 6.53. The van der Waals surface area contributed by atoms with Crippen LogP contribution < -0.4 is 10.2 Å². The Kier molecular flexibility index (Phi) is 7.76. The number of carbonyl (C=O) groups is 2. The number of ether oxygens (including phenoxy) is 2. The monoisotopic (exact) mass is 575 g/mol. The number of nitrogens with zero attached hydrogens (tertiary/aromatic N) is 1. The van der Waals surface area contributed by atoms with Crippen molar-refractivity contribution >= 4 is 50.4 Å². The van der Waals surface area contributed by atoms with Crippen LogP contribution in [-0.2, 0) is 14.3 Å². The minimum atomic E-state index is -0.614. The Morgan fingerprint density at radius 1 is 1.19 bits per heavy atom. The van der Waals surface area contributed by atoms with Gasteiger partial charge < -0.3 is 18.8 Å². The lowest BCUT2D eigenvalue weighted by Gasteiger charge is -2.27. The molecule has 0 radical (unpaired) electrons. The SMILES string of the molecule is CC(C)(C)OC(=O)C1CCCN1C(=O)CCOc1cc(Br)ccc1-c1cc(=O)c2cccc(Cl)c2o1. The highest BCUT2D eigenvalue weighted by molar-refractivity contribution is 9.10. The number of rotatable bonds is 6. The van der Waals surface area contributed by atoms with Gasteiger partial charge in [0.2, 0.25) is 5.91 Å². The first-order valence-electron chi connectivity index (χ1n) is 11.7. The van der Waals surface area contributed by atoms with Gasteiger partial charge in [-0.05, 0) is 63.9 Å². The molecule has 1 atom stereocenters. The van der Waals surface area contributed by atoms with E-state index in [1.54, 1.807) is 62.1 Å². The first-order chi connectivity index (χ1) is 17.0. The maximum absolute atomic E-state index is 12.9. The summed E-state index contributed by atoms with van der Waals surface area (Å²) in [6.07, 6.45) is 1.41. The molecule has 0 aliphatic carbocycles. The summed E-state index contributed by atoms with van der Waals surface area (Å²) < 4.78 is 18.2. The highest BCUT2D eigenvalue weighted by Gasteiger charge is 2.36. The first kappa shape index (κ1) is 26.2. The highest BCUT2D eigenvalue weighted by atomic mass is 79.9. The van der Waals surface area contributed by atoms with Crippen LogP contribution in [0.3, 0.4) is 0 Å². The van der Waals surface area contributed by atoms with Gasteiger partial charge >= 0.3 is 5.97 Å². The van der Waals surface area contributed by atoms with Crippen LogP contribution in [0.15, 0.2) is 56.1 Å². The molecule has 3 aromatic rings. The molecule has 0 bridgehead atoms. The fraction of sp³-hybridized carbons (Fsp3) is 0.370. The number of hydrogen-bond donors (Lipinski definition) is 0. The molecule has 1 unspecified atom stereocenters. The van der Waals surface area contributed by atoms with Crippen molar-refractivity contribution in [3.63, 3.8) is 0 Å². The number of fused-ring (bicyclic) bond motifs is 1. The molecular weight excluding hydrogens is 550 g/mol. The number of amides is 1. The molecule has 4 rings (SSSR count). The molecule has 1 amide bonds. The summed E-state index contributed by atoms with van der Waals surface area (Å²) in [6, 6.07) is 11.1. The van der Waals surface area contributed by atoms with Crippen molar-refractivity contribution in [2.45, 2.75) is 51.7 Å². The lowest BCUT2D eigenvalue weighted by Crippen LogP contribution is -2.43. The van der Waals surface area contributed by atoms with Gasteiger partial charge in [0, 0.05) is 17.1 Å². The van der Waals surface area contributed by atoms with Crippen molar-refractivity contribution in [2.75, 3.05) is 13.2 Å². The summed E-state index contributed by atoms with van der Waals surface area (Å²) in [5.74, 6) is 0.188. The highest BCUT2D eigenvalue weighted by Crippen LogP contribution is 2.35. The van der Waals surface area contributed by atoms with Crippen LogP contribution in [0.25, 0.3) is 22.3 Å². The Labute approximate surface area is 222 Å². The van der Waals surface area contributed by atoms with E-state index in [9.17, 15) is 14.4 Å². The Morgan fingerprint density at radius 3 is 2.72 bits per heavy atom. The topological polar surface area (TPSA) is 86.0 Å². The van der Waals surface area contributed by atoms with Crippen LogP contribution in [0.5, 0.6) is 5.75 Å². The number of benzene rings is 2. The van der Waals surface area contributed by atoms with Gasteiger partial charge in [-0.2, -0.15) is 0 Å². The Morgan fingerprint density at radius 2 is 1.97 bits per heavy atom. The first-order valence-corrected chi connectivity index (χ1v) is 12.9. The molecule has 1 aliphatic heterocycles. The molecule has 0 spiro atoms. The molecular formula is C27H27BrClNO6. The van der Waals surface area contributed by atoms with Crippen molar-refractivity contribution in [1.82, 2.24) is 4.90 Å². The molecule has 1 fully saturated rings. The molecule has 190 valence electrons. The molecule has 2 heterocycles. The summed E-state index contributed by atoms with van der Waals surface area (Å²) in [5.41, 5.74) is 0.0154. The van der Waals surface area contributed by atoms with Gasteiger partial charge in [-0.15, -0.1) is 0 Å². The van der Waals surface area contributed by atoms with Crippen molar-refractivity contribution < 1.29 is 23.5 Å². The van der Waals surface area contributed by atoms with Crippen LogP contribution in [0.4, 0.5) is 0 Å². The molecule has 9 heteroatoms. The molecule has 1 saturated heterocycles. The zero-order chi connectivity index (χ0) is 26.0. The summed E-state index contributed by atoms with van der Waals surface area (Å²) >= 11 is 9.69. The van der Waals surface area contributed by atoms with E-state index >= 15 is 0 Å². The van der Waals surface area contributed by atoms with Gasteiger partial charge in [-0.1, -0.05) is 33.6 Å². The maximum Gasteiger partial charge on any atom is 0.329 e. The van der Waals surface area contributed by atoms with Crippen LogP contribution in [-0.4, -0.2) is 41.6 Å². The molecule has 2 aromatic carbocycles. The summed E-state index contributed by atoms with van der Waals surface area (Å²) in [5, 5.41) is 0.725. The van der Waals surface area contributed by atoms with Crippen molar-refractivity contribution in [3.8, 4) is 17.1 Å². The normalized spacial score (nSPS) is 15.8. The van der Waals surface area contributed by atoms with E-state index in [0.717, 1.165) is 10.9 Å². The number of esters is 1. The second-order valence-electron chi connectivity index (χ2n) is 9.61. The van der Waals surface area contributed by atoms with Gasteiger partial charge in [-0.25, -0.2) is 4.79 Å². The van der Waals surface area contributed by atoms with Gasteiger partial charge in [0.1, 0.15) is 23.2 Å². The van der Waals surface area contributed by atoms with Gasteiger partial charge in [0.05, 0.1) is 29.0 Å². The Balaban J connectivity index is 1.50.